The quantitative estimate of drug-likeness (QED) is 0.590. The molecule has 0 aliphatic heterocycles. The van der Waals surface area contributed by atoms with E-state index >= 15 is 0 Å². The molecule has 0 aliphatic rings. The van der Waals surface area contributed by atoms with Crippen LogP contribution in [0.3, 0.4) is 0 Å². The number of imidazole rings is 1. The van der Waals surface area contributed by atoms with Gasteiger partial charge < -0.3 is 10.5 Å². The highest BCUT2D eigenvalue weighted by Crippen LogP contribution is 2.25. The Hall–Kier alpha value is -3.92. The van der Waals surface area contributed by atoms with E-state index in [1.54, 1.807) is 4.57 Å². The molecule has 0 aliphatic carbocycles. The summed E-state index contributed by atoms with van der Waals surface area (Å²) in [6.45, 7) is 0.772. The maximum atomic E-state index is 9.51. The molecule has 2 aromatic carbocycles. The van der Waals surface area contributed by atoms with Gasteiger partial charge in [-0.1, -0.05) is 60.7 Å². The van der Waals surface area contributed by atoms with Gasteiger partial charge in [-0.05, 0) is 11.1 Å². The van der Waals surface area contributed by atoms with Crippen LogP contribution in [-0.4, -0.2) is 19.5 Å². The van der Waals surface area contributed by atoms with Gasteiger partial charge >= 0.3 is 0 Å². The van der Waals surface area contributed by atoms with Crippen LogP contribution in [0.4, 0.5) is 5.95 Å². The Morgan fingerprint density at radius 3 is 2.26 bits per heavy atom. The number of hydrogen-bond donors (Lipinski definition) is 1. The standard InChI is InChI=1S/C20H16N6O/c21-11-16-23-17-18(26(16)12-14-7-3-1-4-8-14)24-20(22)25-19(17)27-13-15-9-5-2-6-10-15/h1-10H,12-13H2,(H2,22,24,25). The zero-order chi connectivity index (χ0) is 18.6. The maximum Gasteiger partial charge on any atom is 0.247 e. The number of hydrogen-bond acceptors (Lipinski definition) is 6. The Morgan fingerprint density at radius 2 is 1.59 bits per heavy atom. The summed E-state index contributed by atoms with van der Waals surface area (Å²) < 4.78 is 7.55. The molecule has 0 saturated heterocycles. The van der Waals surface area contributed by atoms with Crippen molar-refractivity contribution in [1.29, 1.82) is 5.26 Å². The van der Waals surface area contributed by atoms with Crippen molar-refractivity contribution in [2.75, 3.05) is 5.73 Å². The summed E-state index contributed by atoms with van der Waals surface area (Å²) in [5.41, 5.74) is 8.80. The van der Waals surface area contributed by atoms with Crippen LogP contribution in [0.5, 0.6) is 5.88 Å². The average molecular weight is 356 g/mol. The molecule has 0 atom stereocenters. The normalized spacial score (nSPS) is 10.6. The van der Waals surface area contributed by atoms with Gasteiger partial charge in [0.15, 0.2) is 11.2 Å². The molecule has 0 radical (unpaired) electrons. The summed E-state index contributed by atoms with van der Waals surface area (Å²) in [4.78, 5) is 12.8. The van der Waals surface area contributed by atoms with Crippen LogP contribution in [0.2, 0.25) is 0 Å². The number of nitrogens with two attached hydrogens (primary N) is 1. The summed E-state index contributed by atoms with van der Waals surface area (Å²) >= 11 is 0. The number of benzene rings is 2. The number of fused-ring (bicyclic) bond motifs is 1. The highest BCUT2D eigenvalue weighted by molar-refractivity contribution is 5.79. The molecule has 27 heavy (non-hydrogen) atoms. The van der Waals surface area contributed by atoms with Gasteiger partial charge in [-0.3, -0.25) is 4.57 Å². The lowest BCUT2D eigenvalue weighted by atomic mass is 10.2. The summed E-state index contributed by atoms with van der Waals surface area (Å²) in [5.74, 6) is 0.576. The van der Waals surface area contributed by atoms with Crippen molar-refractivity contribution in [1.82, 2.24) is 19.5 Å². The predicted octanol–water partition coefficient (Wildman–Crippen LogP) is 2.91. The molecule has 2 heterocycles. The fourth-order valence-electron chi connectivity index (χ4n) is 2.82. The van der Waals surface area contributed by atoms with E-state index < -0.39 is 0 Å². The lowest BCUT2D eigenvalue weighted by molar-refractivity contribution is 0.297. The molecule has 4 rings (SSSR count). The second-order valence-corrected chi connectivity index (χ2v) is 5.95. The Labute approximate surface area is 155 Å². The lowest BCUT2D eigenvalue weighted by Crippen LogP contribution is -2.06. The molecule has 7 heteroatoms. The number of ether oxygens (including phenoxy) is 1. The minimum Gasteiger partial charge on any atom is -0.471 e. The molecule has 2 aromatic heterocycles. The van der Waals surface area contributed by atoms with Crippen LogP contribution in [-0.2, 0) is 13.2 Å². The van der Waals surface area contributed by atoms with E-state index in [-0.39, 0.29) is 17.7 Å². The van der Waals surface area contributed by atoms with Gasteiger partial charge in [0.1, 0.15) is 12.7 Å². The molecular weight excluding hydrogens is 340 g/mol. The summed E-state index contributed by atoms with van der Waals surface area (Å²) in [6, 6.07) is 21.6. The first-order valence-corrected chi connectivity index (χ1v) is 8.39. The third-order valence-corrected chi connectivity index (χ3v) is 4.08. The fourth-order valence-corrected chi connectivity index (χ4v) is 2.82. The number of aromatic nitrogens is 4. The topological polar surface area (TPSA) is 103 Å². The highest BCUT2D eigenvalue weighted by Gasteiger charge is 2.18. The van der Waals surface area contributed by atoms with E-state index in [9.17, 15) is 5.26 Å². The zero-order valence-corrected chi connectivity index (χ0v) is 14.4. The zero-order valence-electron chi connectivity index (χ0n) is 14.4. The fraction of sp³-hybridized carbons (Fsp3) is 0.100. The molecular formula is C20H16N6O. The third kappa shape index (κ3) is 3.41. The number of rotatable bonds is 5. The van der Waals surface area contributed by atoms with E-state index in [1.165, 1.54) is 0 Å². The molecule has 2 N–H and O–H groups in total. The van der Waals surface area contributed by atoms with Crippen molar-refractivity contribution < 1.29 is 4.74 Å². The summed E-state index contributed by atoms with van der Waals surface area (Å²) in [5, 5.41) is 9.51. The van der Waals surface area contributed by atoms with Gasteiger partial charge in [-0.2, -0.15) is 15.2 Å². The van der Waals surface area contributed by atoms with Crippen LogP contribution in [0.15, 0.2) is 60.7 Å². The van der Waals surface area contributed by atoms with Gasteiger partial charge in [-0.25, -0.2) is 4.98 Å². The molecule has 0 spiro atoms. The van der Waals surface area contributed by atoms with Gasteiger partial charge in [0.05, 0.1) is 6.54 Å². The van der Waals surface area contributed by atoms with E-state index in [0.29, 0.717) is 24.3 Å². The summed E-state index contributed by atoms with van der Waals surface area (Å²) in [7, 11) is 0. The second-order valence-electron chi connectivity index (χ2n) is 5.95. The highest BCUT2D eigenvalue weighted by atomic mass is 16.5. The van der Waals surface area contributed by atoms with Gasteiger partial charge in [-0.15, -0.1) is 0 Å². The number of nitrogen functional groups attached to an aromatic ring is 1. The Morgan fingerprint density at radius 1 is 0.926 bits per heavy atom. The molecule has 0 amide bonds. The van der Waals surface area contributed by atoms with Crippen molar-refractivity contribution in [3.8, 4) is 11.9 Å². The molecule has 0 unspecified atom stereocenters. The molecule has 0 fully saturated rings. The first kappa shape index (κ1) is 16.5. The molecule has 0 bridgehead atoms. The minimum absolute atomic E-state index is 0.0734. The smallest absolute Gasteiger partial charge is 0.247 e. The van der Waals surface area contributed by atoms with Crippen molar-refractivity contribution in [3.05, 3.63) is 77.6 Å². The van der Waals surface area contributed by atoms with E-state index in [2.05, 4.69) is 21.0 Å². The van der Waals surface area contributed by atoms with Gasteiger partial charge in [0, 0.05) is 0 Å². The Kier molecular flexibility index (Phi) is 4.37. The Bertz CT molecular complexity index is 1120. The monoisotopic (exact) mass is 356 g/mol. The number of anilines is 1. The molecule has 7 nitrogen and oxygen atoms in total. The largest absolute Gasteiger partial charge is 0.471 e. The summed E-state index contributed by atoms with van der Waals surface area (Å²) in [6.07, 6.45) is 0. The van der Waals surface area contributed by atoms with Crippen molar-refractivity contribution in [3.63, 3.8) is 0 Å². The Balaban J connectivity index is 1.74. The lowest BCUT2D eigenvalue weighted by Gasteiger charge is -2.08. The minimum atomic E-state index is 0.0734. The molecule has 132 valence electrons. The van der Waals surface area contributed by atoms with E-state index in [1.807, 2.05) is 60.7 Å². The SMILES string of the molecule is N#Cc1nc2c(OCc3ccccc3)nc(N)nc2n1Cc1ccccc1. The van der Waals surface area contributed by atoms with Crippen LogP contribution in [0, 0.1) is 11.3 Å². The maximum absolute atomic E-state index is 9.51. The average Bonchev–Trinajstić information content (AvgIpc) is 3.05. The van der Waals surface area contributed by atoms with Crippen molar-refractivity contribution in [2.45, 2.75) is 13.2 Å². The first-order valence-electron chi connectivity index (χ1n) is 8.39. The first-order chi connectivity index (χ1) is 13.2. The van der Waals surface area contributed by atoms with E-state index in [4.69, 9.17) is 10.5 Å². The van der Waals surface area contributed by atoms with Crippen LogP contribution >= 0.6 is 0 Å². The second kappa shape index (κ2) is 7.14. The third-order valence-electron chi connectivity index (χ3n) is 4.08. The van der Waals surface area contributed by atoms with E-state index in [0.717, 1.165) is 11.1 Å². The van der Waals surface area contributed by atoms with Crippen LogP contribution < -0.4 is 10.5 Å². The van der Waals surface area contributed by atoms with Gasteiger partial charge in [0.25, 0.3) is 0 Å². The van der Waals surface area contributed by atoms with Crippen molar-refractivity contribution >= 4 is 17.1 Å². The number of nitriles is 1. The molecule has 0 saturated carbocycles. The van der Waals surface area contributed by atoms with Crippen LogP contribution in [0.25, 0.3) is 11.2 Å². The molecule has 4 aromatic rings. The van der Waals surface area contributed by atoms with Gasteiger partial charge in [0.2, 0.25) is 17.7 Å². The predicted molar refractivity (Wildman–Crippen MR) is 101 cm³/mol. The number of nitrogens with zero attached hydrogens (tertiary/aromatic N) is 5. The van der Waals surface area contributed by atoms with Crippen LogP contribution in [0.1, 0.15) is 17.0 Å². The van der Waals surface area contributed by atoms with Crippen molar-refractivity contribution in [2.24, 2.45) is 0 Å².